The van der Waals surface area contributed by atoms with Gasteiger partial charge in [0.25, 0.3) is 0 Å². The first kappa shape index (κ1) is 14.8. The van der Waals surface area contributed by atoms with E-state index in [-0.39, 0.29) is 11.9 Å². The van der Waals surface area contributed by atoms with Crippen molar-refractivity contribution >= 4 is 5.69 Å². The van der Waals surface area contributed by atoms with Crippen LogP contribution in [-0.2, 0) is 6.42 Å². The molecule has 3 rings (SSSR count). The number of hydrogen-bond donors (Lipinski definition) is 1. The average Bonchev–Trinajstić information content (AvgIpc) is 2.46. The summed E-state index contributed by atoms with van der Waals surface area (Å²) in [4.78, 5) is 2.29. The Morgan fingerprint density at radius 1 is 1.24 bits per heavy atom. The van der Waals surface area contributed by atoms with Crippen LogP contribution in [-0.4, -0.2) is 19.1 Å². The van der Waals surface area contributed by atoms with Crippen LogP contribution in [0.5, 0.6) is 0 Å². The quantitative estimate of drug-likeness (QED) is 0.919. The summed E-state index contributed by atoms with van der Waals surface area (Å²) in [5.74, 6) is 1.55. The molecule has 2 N–H and O–H groups in total. The lowest BCUT2D eigenvalue weighted by molar-refractivity contribution is 0.202. The van der Waals surface area contributed by atoms with Gasteiger partial charge in [-0.3, -0.25) is 0 Å². The summed E-state index contributed by atoms with van der Waals surface area (Å²) in [6.45, 7) is 4.01. The molecule has 0 spiro atoms. The molecular weight excluding hydrogens is 263 g/mol. The Bertz CT molecular complexity index is 486. The monoisotopic (exact) mass is 290 g/mol. The second kappa shape index (κ2) is 6.35. The number of anilines is 1. The summed E-state index contributed by atoms with van der Waals surface area (Å²) in [5.41, 5.74) is 7.83. The summed E-state index contributed by atoms with van der Waals surface area (Å²) in [5, 5.41) is 0. The van der Waals surface area contributed by atoms with E-state index in [0.717, 1.165) is 42.6 Å². The largest absolute Gasteiger partial charge is 0.369 e. The van der Waals surface area contributed by atoms with Gasteiger partial charge in [-0.25, -0.2) is 4.39 Å². The third-order valence-electron chi connectivity index (χ3n) is 5.22. The highest BCUT2D eigenvalue weighted by Gasteiger charge is 2.32. The van der Waals surface area contributed by atoms with Gasteiger partial charge < -0.3 is 10.6 Å². The Labute approximate surface area is 127 Å². The van der Waals surface area contributed by atoms with E-state index < -0.39 is 0 Å². The predicted molar refractivity (Wildman–Crippen MR) is 86.0 cm³/mol. The highest BCUT2D eigenvalue weighted by Crippen LogP contribution is 2.39. The topological polar surface area (TPSA) is 29.3 Å². The first-order valence-corrected chi connectivity index (χ1v) is 8.43. The molecule has 0 amide bonds. The van der Waals surface area contributed by atoms with Crippen molar-refractivity contribution in [2.24, 2.45) is 17.6 Å². The fraction of sp³-hybridized carbons (Fsp3) is 0.667. The standard InChI is InChI=1S/C18H27FN2/c1-13(20)11-15-7-4-8-17(19)18(15)21-10-9-14-5-2-3-6-16(14)12-21/h4,7-8,13-14,16H,2-3,5-6,9-12,20H2,1H3. The molecule has 2 aliphatic rings. The van der Waals surface area contributed by atoms with Crippen molar-refractivity contribution in [3.63, 3.8) is 0 Å². The molecule has 2 nitrogen and oxygen atoms in total. The van der Waals surface area contributed by atoms with Crippen molar-refractivity contribution in [2.45, 2.75) is 51.5 Å². The second-order valence-corrected chi connectivity index (χ2v) is 6.97. The summed E-state index contributed by atoms with van der Waals surface area (Å²) < 4.78 is 14.4. The molecule has 116 valence electrons. The Hall–Kier alpha value is -1.09. The number of fused-ring (bicyclic) bond motifs is 1. The molecule has 2 fully saturated rings. The van der Waals surface area contributed by atoms with E-state index in [1.54, 1.807) is 6.07 Å². The molecule has 0 bridgehead atoms. The van der Waals surface area contributed by atoms with E-state index in [0.29, 0.717) is 0 Å². The van der Waals surface area contributed by atoms with Crippen molar-refractivity contribution in [1.82, 2.24) is 0 Å². The van der Waals surface area contributed by atoms with Gasteiger partial charge in [0.1, 0.15) is 5.82 Å². The normalized spacial score (nSPS) is 27.3. The van der Waals surface area contributed by atoms with Crippen LogP contribution in [0.1, 0.15) is 44.6 Å². The molecule has 1 aromatic carbocycles. The molecule has 1 aromatic rings. The van der Waals surface area contributed by atoms with Crippen molar-refractivity contribution in [1.29, 1.82) is 0 Å². The molecule has 1 saturated carbocycles. The molecule has 0 aromatic heterocycles. The molecular formula is C18H27FN2. The van der Waals surface area contributed by atoms with E-state index in [1.807, 2.05) is 19.1 Å². The smallest absolute Gasteiger partial charge is 0.146 e. The Kier molecular flexibility index (Phi) is 4.48. The summed E-state index contributed by atoms with van der Waals surface area (Å²) in [7, 11) is 0. The number of para-hydroxylation sites is 1. The van der Waals surface area contributed by atoms with Gasteiger partial charge in [-0.15, -0.1) is 0 Å². The van der Waals surface area contributed by atoms with E-state index in [1.165, 1.54) is 32.1 Å². The predicted octanol–water partition coefficient (Wildman–Crippen LogP) is 3.73. The zero-order valence-electron chi connectivity index (χ0n) is 13.0. The number of rotatable bonds is 3. The van der Waals surface area contributed by atoms with E-state index in [2.05, 4.69) is 4.90 Å². The number of piperidine rings is 1. The Morgan fingerprint density at radius 3 is 2.76 bits per heavy atom. The lowest BCUT2D eigenvalue weighted by Gasteiger charge is -2.43. The van der Waals surface area contributed by atoms with Crippen molar-refractivity contribution in [3.05, 3.63) is 29.6 Å². The molecule has 1 aliphatic carbocycles. The van der Waals surface area contributed by atoms with Gasteiger partial charge in [0, 0.05) is 19.1 Å². The maximum atomic E-state index is 14.4. The minimum atomic E-state index is -0.0811. The highest BCUT2D eigenvalue weighted by atomic mass is 19.1. The van der Waals surface area contributed by atoms with E-state index >= 15 is 0 Å². The van der Waals surface area contributed by atoms with Gasteiger partial charge >= 0.3 is 0 Å². The summed E-state index contributed by atoms with van der Waals surface area (Å²) in [6.07, 6.45) is 7.39. The fourth-order valence-corrected chi connectivity index (χ4v) is 4.23. The van der Waals surface area contributed by atoms with Crippen LogP contribution in [0.15, 0.2) is 18.2 Å². The summed E-state index contributed by atoms with van der Waals surface area (Å²) >= 11 is 0. The first-order chi connectivity index (χ1) is 10.1. The third kappa shape index (κ3) is 3.23. The van der Waals surface area contributed by atoms with E-state index in [9.17, 15) is 4.39 Å². The van der Waals surface area contributed by atoms with Gasteiger partial charge in [-0.05, 0) is 49.7 Å². The molecule has 21 heavy (non-hydrogen) atoms. The maximum absolute atomic E-state index is 14.4. The number of benzene rings is 1. The minimum absolute atomic E-state index is 0.0674. The van der Waals surface area contributed by atoms with Crippen molar-refractivity contribution < 1.29 is 4.39 Å². The van der Waals surface area contributed by atoms with Crippen LogP contribution in [0.25, 0.3) is 0 Å². The van der Waals surface area contributed by atoms with Crippen molar-refractivity contribution in [3.8, 4) is 0 Å². The van der Waals surface area contributed by atoms with Gasteiger partial charge in [-0.1, -0.05) is 31.4 Å². The second-order valence-electron chi connectivity index (χ2n) is 6.97. The zero-order valence-corrected chi connectivity index (χ0v) is 13.0. The lowest BCUT2D eigenvalue weighted by Crippen LogP contribution is -2.42. The first-order valence-electron chi connectivity index (χ1n) is 8.43. The van der Waals surface area contributed by atoms with Crippen LogP contribution < -0.4 is 10.6 Å². The number of halogens is 1. The molecule has 3 unspecified atom stereocenters. The molecule has 3 atom stereocenters. The van der Waals surface area contributed by atoms with Gasteiger partial charge in [0.2, 0.25) is 0 Å². The van der Waals surface area contributed by atoms with Gasteiger partial charge in [-0.2, -0.15) is 0 Å². The average molecular weight is 290 g/mol. The molecule has 1 heterocycles. The Morgan fingerprint density at radius 2 is 2.00 bits per heavy atom. The fourth-order valence-electron chi connectivity index (χ4n) is 4.23. The SMILES string of the molecule is CC(N)Cc1cccc(F)c1N1CCC2CCCCC2C1. The third-order valence-corrected chi connectivity index (χ3v) is 5.22. The molecule has 3 heteroatoms. The molecule has 1 saturated heterocycles. The number of nitrogens with two attached hydrogens (primary N) is 1. The van der Waals surface area contributed by atoms with E-state index in [4.69, 9.17) is 5.73 Å². The van der Waals surface area contributed by atoms with Gasteiger partial charge in [0.15, 0.2) is 0 Å². The maximum Gasteiger partial charge on any atom is 0.146 e. The number of nitrogens with zero attached hydrogens (tertiary/aromatic N) is 1. The lowest BCUT2D eigenvalue weighted by atomic mass is 9.75. The van der Waals surface area contributed by atoms with Crippen LogP contribution in [0.3, 0.4) is 0 Å². The highest BCUT2D eigenvalue weighted by molar-refractivity contribution is 5.55. The van der Waals surface area contributed by atoms with Crippen LogP contribution >= 0.6 is 0 Å². The van der Waals surface area contributed by atoms with Crippen LogP contribution in [0.2, 0.25) is 0 Å². The molecule has 0 radical (unpaired) electrons. The van der Waals surface area contributed by atoms with Gasteiger partial charge in [0.05, 0.1) is 5.69 Å². The zero-order chi connectivity index (χ0) is 14.8. The Balaban J connectivity index is 1.82. The van der Waals surface area contributed by atoms with Crippen LogP contribution in [0.4, 0.5) is 10.1 Å². The summed E-state index contributed by atoms with van der Waals surface area (Å²) in [6, 6.07) is 5.50. The minimum Gasteiger partial charge on any atom is -0.369 e. The molecule has 1 aliphatic heterocycles. The number of hydrogen-bond acceptors (Lipinski definition) is 2. The van der Waals surface area contributed by atoms with Crippen LogP contribution in [0, 0.1) is 17.7 Å². The van der Waals surface area contributed by atoms with Crippen molar-refractivity contribution in [2.75, 3.05) is 18.0 Å².